The van der Waals surface area contributed by atoms with Crippen molar-refractivity contribution in [2.24, 2.45) is 5.92 Å². The molecule has 0 bridgehead atoms. The van der Waals surface area contributed by atoms with E-state index in [-0.39, 0.29) is 43.4 Å². The third kappa shape index (κ3) is 9.20. The average molecular weight is 576 g/mol. The minimum atomic E-state index is -4.64. The Morgan fingerprint density at radius 2 is 1.71 bits per heavy atom. The zero-order valence-electron chi connectivity index (χ0n) is 21.8. The first-order valence-electron chi connectivity index (χ1n) is 12.1. The van der Waals surface area contributed by atoms with E-state index in [1.165, 1.54) is 11.0 Å². The maximum absolute atomic E-state index is 13.3. The van der Waals surface area contributed by atoms with Gasteiger partial charge in [-0.25, -0.2) is 8.42 Å². The summed E-state index contributed by atoms with van der Waals surface area (Å²) in [6, 6.07) is 10.1. The quantitative estimate of drug-likeness (QED) is 0.382. The van der Waals surface area contributed by atoms with Crippen LogP contribution >= 0.6 is 11.6 Å². The fraction of sp³-hybridized carbons (Fsp3) is 0.462. The molecule has 38 heavy (non-hydrogen) atoms. The first kappa shape index (κ1) is 31.4. The van der Waals surface area contributed by atoms with E-state index in [9.17, 15) is 31.2 Å². The van der Waals surface area contributed by atoms with Crippen molar-refractivity contribution in [1.82, 2.24) is 10.2 Å². The number of benzene rings is 2. The van der Waals surface area contributed by atoms with Crippen LogP contribution in [0.3, 0.4) is 0 Å². The van der Waals surface area contributed by atoms with Crippen LogP contribution in [0.2, 0.25) is 5.02 Å². The van der Waals surface area contributed by atoms with Crippen LogP contribution in [0, 0.1) is 5.92 Å². The van der Waals surface area contributed by atoms with Gasteiger partial charge in [0, 0.05) is 31.1 Å². The van der Waals surface area contributed by atoms with E-state index >= 15 is 0 Å². The van der Waals surface area contributed by atoms with E-state index in [1.807, 2.05) is 13.8 Å². The Morgan fingerprint density at radius 1 is 1.05 bits per heavy atom. The van der Waals surface area contributed by atoms with E-state index in [4.69, 9.17) is 11.6 Å². The van der Waals surface area contributed by atoms with Crippen LogP contribution in [0.5, 0.6) is 0 Å². The van der Waals surface area contributed by atoms with Crippen LogP contribution in [0.25, 0.3) is 0 Å². The minimum Gasteiger partial charge on any atom is -0.354 e. The molecule has 12 heteroatoms. The zero-order valence-corrected chi connectivity index (χ0v) is 23.3. The standard InChI is InChI=1S/C26H33ClF3N3O4S/c1-18(2)16-31-25(35)19(3)32(17-20-9-5-6-12-23(20)27)24(34)13-8-14-33(38(4,36)37)22-11-7-10-21(15-22)26(28,29)30/h5-7,9-12,15,18-19H,8,13-14,16-17H2,1-4H3,(H,31,35)/t19-/m1/s1. The molecule has 1 N–H and O–H groups in total. The van der Waals surface area contributed by atoms with Gasteiger partial charge < -0.3 is 10.2 Å². The Hall–Kier alpha value is -2.79. The van der Waals surface area contributed by atoms with E-state index in [1.54, 1.807) is 31.2 Å². The number of nitrogens with one attached hydrogen (secondary N) is 1. The van der Waals surface area contributed by atoms with Crippen LogP contribution in [0.4, 0.5) is 18.9 Å². The predicted octanol–water partition coefficient (Wildman–Crippen LogP) is 5.09. The Labute approximate surface area is 227 Å². The van der Waals surface area contributed by atoms with Gasteiger partial charge in [-0.05, 0) is 49.1 Å². The van der Waals surface area contributed by atoms with Gasteiger partial charge in [-0.2, -0.15) is 13.2 Å². The van der Waals surface area contributed by atoms with Crippen molar-refractivity contribution in [3.05, 3.63) is 64.7 Å². The summed E-state index contributed by atoms with van der Waals surface area (Å²) in [5.74, 6) is -0.563. The van der Waals surface area contributed by atoms with E-state index < -0.39 is 33.7 Å². The highest BCUT2D eigenvalue weighted by Gasteiger charge is 2.32. The Balaban J connectivity index is 2.22. The summed E-state index contributed by atoms with van der Waals surface area (Å²) < 4.78 is 65.1. The highest BCUT2D eigenvalue weighted by molar-refractivity contribution is 7.92. The van der Waals surface area contributed by atoms with E-state index in [0.29, 0.717) is 17.1 Å². The summed E-state index contributed by atoms with van der Waals surface area (Å²) in [5, 5.41) is 3.23. The Kier molecular flexibility index (Phi) is 11.0. The normalized spacial score (nSPS) is 12.8. The molecule has 0 fully saturated rings. The Morgan fingerprint density at radius 3 is 2.29 bits per heavy atom. The zero-order chi connectivity index (χ0) is 28.7. The lowest BCUT2D eigenvalue weighted by Crippen LogP contribution is -2.48. The van der Waals surface area contributed by atoms with Gasteiger partial charge in [-0.3, -0.25) is 13.9 Å². The summed E-state index contributed by atoms with van der Waals surface area (Å²) in [4.78, 5) is 27.4. The first-order chi connectivity index (χ1) is 17.6. The second-order valence-corrected chi connectivity index (χ2v) is 11.7. The van der Waals surface area contributed by atoms with Gasteiger partial charge in [0.25, 0.3) is 0 Å². The van der Waals surface area contributed by atoms with Crippen LogP contribution < -0.4 is 9.62 Å². The fourth-order valence-corrected chi connectivity index (χ4v) is 4.84. The Bertz CT molecular complexity index is 1220. The molecule has 0 aliphatic carbocycles. The van der Waals surface area contributed by atoms with Crippen molar-refractivity contribution >= 4 is 39.1 Å². The molecule has 2 aromatic rings. The van der Waals surface area contributed by atoms with Crippen LogP contribution in [-0.2, 0) is 32.3 Å². The molecular weight excluding hydrogens is 543 g/mol. The number of sulfonamides is 1. The summed E-state index contributed by atoms with van der Waals surface area (Å²) in [5.41, 5.74) is -0.497. The van der Waals surface area contributed by atoms with Gasteiger partial charge in [0.15, 0.2) is 0 Å². The number of carbonyl (C=O) groups is 2. The third-order valence-electron chi connectivity index (χ3n) is 5.76. The molecule has 210 valence electrons. The first-order valence-corrected chi connectivity index (χ1v) is 14.3. The third-order valence-corrected chi connectivity index (χ3v) is 7.33. The SMILES string of the molecule is CC(C)CNC(=O)[C@@H](C)N(Cc1ccccc1Cl)C(=O)CCCN(c1cccc(C(F)(F)F)c1)S(C)(=O)=O. The van der Waals surface area contributed by atoms with E-state index in [2.05, 4.69) is 5.32 Å². The molecule has 1 atom stereocenters. The number of rotatable bonds is 12. The van der Waals surface area contributed by atoms with Crippen molar-refractivity contribution in [2.45, 2.75) is 52.4 Å². The van der Waals surface area contributed by atoms with Gasteiger partial charge in [0.05, 0.1) is 17.5 Å². The number of anilines is 1. The number of alkyl halides is 3. The van der Waals surface area contributed by atoms with Crippen molar-refractivity contribution < 1.29 is 31.2 Å². The summed E-state index contributed by atoms with van der Waals surface area (Å²) in [7, 11) is -3.94. The topological polar surface area (TPSA) is 86.8 Å². The monoisotopic (exact) mass is 575 g/mol. The van der Waals surface area contributed by atoms with Crippen molar-refractivity contribution in [2.75, 3.05) is 23.7 Å². The fourth-order valence-electron chi connectivity index (χ4n) is 3.69. The van der Waals surface area contributed by atoms with Gasteiger partial charge in [-0.1, -0.05) is 49.7 Å². The number of amides is 2. The highest BCUT2D eigenvalue weighted by Crippen LogP contribution is 2.32. The maximum atomic E-state index is 13.3. The molecule has 2 rings (SSSR count). The van der Waals surface area contributed by atoms with Crippen molar-refractivity contribution in [3.8, 4) is 0 Å². The molecule has 0 aliphatic rings. The maximum Gasteiger partial charge on any atom is 0.416 e. The molecule has 0 saturated heterocycles. The van der Waals surface area contributed by atoms with Crippen LogP contribution in [0.1, 0.15) is 44.7 Å². The molecule has 0 unspecified atom stereocenters. The second-order valence-electron chi connectivity index (χ2n) is 9.41. The molecule has 2 aromatic carbocycles. The van der Waals surface area contributed by atoms with Crippen molar-refractivity contribution in [3.63, 3.8) is 0 Å². The van der Waals surface area contributed by atoms with Crippen molar-refractivity contribution in [1.29, 1.82) is 0 Å². The molecule has 0 spiro atoms. The molecular formula is C26H33ClF3N3O4S. The molecule has 0 saturated carbocycles. The molecule has 0 aromatic heterocycles. The summed E-state index contributed by atoms with van der Waals surface area (Å²) >= 11 is 6.28. The lowest BCUT2D eigenvalue weighted by Gasteiger charge is -2.30. The summed E-state index contributed by atoms with van der Waals surface area (Å²) in [6.07, 6.45) is -3.88. The van der Waals surface area contributed by atoms with Gasteiger partial charge in [0.1, 0.15) is 6.04 Å². The lowest BCUT2D eigenvalue weighted by atomic mass is 10.1. The van der Waals surface area contributed by atoms with Crippen LogP contribution in [0.15, 0.2) is 48.5 Å². The van der Waals surface area contributed by atoms with Crippen LogP contribution in [-0.4, -0.2) is 50.5 Å². The number of nitrogens with zero attached hydrogens (tertiary/aromatic N) is 2. The van der Waals surface area contributed by atoms with E-state index in [0.717, 1.165) is 28.8 Å². The molecule has 0 radical (unpaired) electrons. The molecule has 0 heterocycles. The minimum absolute atomic E-state index is 0.0154. The smallest absolute Gasteiger partial charge is 0.354 e. The average Bonchev–Trinajstić information content (AvgIpc) is 2.82. The number of carbonyl (C=O) groups excluding carboxylic acids is 2. The molecule has 2 amide bonds. The van der Waals surface area contributed by atoms with Gasteiger partial charge in [0.2, 0.25) is 21.8 Å². The number of hydrogen-bond donors (Lipinski definition) is 1. The highest BCUT2D eigenvalue weighted by atomic mass is 35.5. The van der Waals surface area contributed by atoms with Gasteiger partial charge >= 0.3 is 6.18 Å². The van der Waals surface area contributed by atoms with Gasteiger partial charge in [-0.15, -0.1) is 0 Å². The number of hydrogen-bond acceptors (Lipinski definition) is 4. The number of halogens is 4. The predicted molar refractivity (Wildman–Crippen MR) is 142 cm³/mol. The largest absolute Gasteiger partial charge is 0.416 e. The second kappa shape index (κ2) is 13.3. The molecule has 7 nitrogen and oxygen atoms in total. The lowest BCUT2D eigenvalue weighted by molar-refractivity contribution is -0.140. The summed E-state index contributed by atoms with van der Waals surface area (Å²) in [6.45, 7) is 5.73. The molecule has 0 aliphatic heterocycles.